The van der Waals surface area contributed by atoms with Gasteiger partial charge in [-0.2, -0.15) is 0 Å². The molecule has 0 saturated carbocycles. The number of nitrogens with one attached hydrogen (secondary N) is 4. The summed E-state index contributed by atoms with van der Waals surface area (Å²) in [5.74, 6) is -2.47. The summed E-state index contributed by atoms with van der Waals surface area (Å²) in [6.07, 6.45) is 4.69. The molecule has 13 nitrogen and oxygen atoms in total. The number of amides is 5. The summed E-state index contributed by atoms with van der Waals surface area (Å²) >= 11 is 5.58. The fourth-order valence-electron chi connectivity index (χ4n) is 3.55. The highest BCUT2D eigenvalue weighted by atomic mass is 35.5. The van der Waals surface area contributed by atoms with Crippen molar-refractivity contribution < 1.29 is 24.0 Å². The fraction of sp³-hybridized carbons (Fsp3) is 0.208. The minimum absolute atomic E-state index is 0.0120. The van der Waals surface area contributed by atoms with Gasteiger partial charge in [-0.1, -0.05) is 18.2 Å². The molecule has 0 aliphatic heterocycles. The normalized spacial score (nSPS) is 10.5. The highest BCUT2D eigenvalue weighted by Gasteiger charge is 2.19. The molecule has 0 saturated heterocycles. The number of carbonyl (C=O) groups excluding carboxylic acids is 5. The molecule has 14 heteroatoms. The Morgan fingerprint density at radius 3 is 1.55 bits per heavy atom. The highest BCUT2D eigenvalue weighted by molar-refractivity contribution is 6.43. The fourth-order valence-corrected chi connectivity index (χ4v) is 3.60. The number of anilines is 3. The van der Waals surface area contributed by atoms with E-state index in [1.165, 1.54) is 31.9 Å². The van der Waals surface area contributed by atoms with Gasteiger partial charge in [-0.3, -0.25) is 24.0 Å². The van der Waals surface area contributed by atoms with Crippen LogP contribution in [0, 0.1) is 0 Å². The van der Waals surface area contributed by atoms with Gasteiger partial charge in [0.25, 0.3) is 23.6 Å². The third-order valence-electron chi connectivity index (χ3n) is 5.39. The lowest BCUT2D eigenvalue weighted by atomic mass is 10.3. The number of nitrogens with two attached hydrogens (primary N) is 1. The second-order valence-corrected chi connectivity index (χ2v) is 8.87. The molecule has 200 valence electrons. The van der Waals surface area contributed by atoms with Crippen LogP contribution in [0.4, 0.5) is 17.1 Å². The number of primary amides is 1. The third-order valence-corrected chi connectivity index (χ3v) is 5.56. The van der Waals surface area contributed by atoms with Crippen LogP contribution in [0.25, 0.3) is 0 Å². The van der Waals surface area contributed by atoms with Crippen LogP contribution in [0.2, 0.25) is 0 Å². The third kappa shape index (κ3) is 6.70. The Hall–Kier alpha value is -4.78. The van der Waals surface area contributed by atoms with Gasteiger partial charge < -0.3 is 40.7 Å². The highest BCUT2D eigenvalue weighted by Crippen LogP contribution is 2.20. The van der Waals surface area contributed by atoms with Crippen LogP contribution < -0.4 is 27.0 Å². The number of halogens is 1. The van der Waals surface area contributed by atoms with Crippen molar-refractivity contribution >= 4 is 58.2 Å². The van der Waals surface area contributed by atoms with E-state index < -0.39 is 29.5 Å². The van der Waals surface area contributed by atoms with E-state index in [-0.39, 0.29) is 35.1 Å². The molecule has 0 atom stereocenters. The van der Waals surface area contributed by atoms with Crippen LogP contribution in [-0.2, 0) is 30.7 Å². The molecule has 38 heavy (non-hydrogen) atoms. The molecule has 6 N–H and O–H groups in total. The molecule has 0 unspecified atom stereocenters. The quantitative estimate of drug-likeness (QED) is 0.244. The van der Waals surface area contributed by atoms with Gasteiger partial charge in [-0.05, 0) is 18.2 Å². The number of hydrogen-bond donors (Lipinski definition) is 5. The summed E-state index contributed by atoms with van der Waals surface area (Å²) in [4.78, 5) is 60.6. The van der Waals surface area contributed by atoms with Crippen molar-refractivity contribution in [2.45, 2.75) is 6.42 Å². The molecule has 3 heterocycles. The maximum absolute atomic E-state index is 12.9. The second kappa shape index (κ2) is 11.5. The van der Waals surface area contributed by atoms with Crippen molar-refractivity contribution in [1.29, 1.82) is 0 Å². The molecule has 0 aliphatic carbocycles. The lowest BCUT2D eigenvalue weighted by Crippen LogP contribution is -2.29. The zero-order valence-electron chi connectivity index (χ0n) is 20.9. The number of nitrogens with zero attached hydrogens (tertiary/aromatic N) is 3. The van der Waals surface area contributed by atoms with Crippen molar-refractivity contribution in [3.05, 3.63) is 65.5 Å². The topological polar surface area (TPSA) is 174 Å². The Morgan fingerprint density at radius 1 is 0.763 bits per heavy atom. The van der Waals surface area contributed by atoms with Crippen molar-refractivity contribution in [1.82, 2.24) is 19.0 Å². The predicted molar refractivity (Wildman–Crippen MR) is 142 cm³/mol. The van der Waals surface area contributed by atoms with Crippen LogP contribution in [0.3, 0.4) is 0 Å². The standard InChI is InChI=1S/C24H27ClN8O5/c1-13(25)21(35)28-14-8-18(32(3)10-14)23(37)30-16-9-19(33(4)12-16)24(38)29-15-7-17(31(2)11-15)22(36)27-6-5-20(26)34/h7-12H,1,5-6H2,2-4H3,(H2,26,34)(H,27,36)(H,28,35)(H,29,38)(H,30,37). The zero-order valence-corrected chi connectivity index (χ0v) is 21.7. The molecule has 3 aromatic heterocycles. The number of hydrogen-bond acceptors (Lipinski definition) is 5. The van der Waals surface area contributed by atoms with E-state index in [4.69, 9.17) is 17.3 Å². The number of rotatable bonds is 10. The van der Waals surface area contributed by atoms with E-state index in [0.717, 1.165) is 0 Å². The summed E-state index contributed by atoms with van der Waals surface area (Å²) in [5.41, 5.74) is 6.96. The summed E-state index contributed by atoms with van der Waals surface area (Å²) in [7, 11) is 4.92. The molecule has 0 aromatic carbocycles. The Balaban J connectivity index is 1.66. The second-order valence-electron chi connectivity index (χ2n) is 8.41. The van der Waals surface area contributed by atoms with Crippen LogP contribution in [0.15, 0.2) is 48.4 Å². The largest absolute Gasteiger partial charge is 0.370 e. The number of aryl methyl sites for hydroxylation is 3. The average molecular weight is 543 g/mol. The molecule has 3 rings (SSSR count). The van der Waals surface area contributed by atoms with Gasteiger partial charge in [-0.15, -0.1) is 0 Å². The number of aromatic nitrogens is 3. The minimum atomic E-state index is -0.586. The van der Waals surface area contributed by atoms with Crippen LogP contribution in [0.1, 0.15) is 37.9 Å². The van der Waals surface area contributed by atoms with E-state index in [9.17, 15) is 24.0 Å². The van der Waals surface area contributed by atoms with Crippen molar-refractivity contribution in [2.24, 2.45) is 26.9 Å². The van der Waals surface area contributed by atoms with E-state index in [1.807, 2.05) is 0 Å². The van der Waals surface area contributed by atoms with E-state index in [1.54, 1.807) is 39.7 Å². The van der Waals surface area contributed by atoms with E-state index in [0.29, 0.717) is 17.1 Å². The van der Waals surface area contributed by atoms with Crippen LogP contribution in [0.5, 0.6) is 0 Å². The first-order chi connectivity index (χ1) is 17.8. The smallest absolute Gasteiger partial charge is 0.272 e. The van der Waals surface area contributed by atoms with Gasteiger partial charge in [-0.25, -0.2) is 0 Å². The van der Waals surface area contributed by atoms with Gasteiger partial charge in [0.15, 0.2) is 0 Å². The SMILES string of the molecule is C=C(Cl)C(=O)Nc1cc(C(=O)Nc2cc(C(=O)Nc3cc(C(=O)NCCC(N)=O)n(C)c3)n(C)c2)n(C)c1. The molecule has 5 amide bonds. The van der Waals surface area contributed by atoms with Crippen LogP contribution in [-0.4, -0.2) is 49.8 Å². The molecule has 3 aromatic rings. The van der Waals surface area contributed by atoms with Gasteiger partial charge in [0.05, 0.1) is 22.1 Å². The van der Waals surface area contributed by atoms with Crippen molar-refractivity contribution in [3.8, 4) is 0 Å². The average Bonchev–Trinajstić information content (AvgIpc) is 3.49. The predicted octanol–water partition coefficient (Wildman–Crippen LogP) is 1.50. The van der Waals surface area contributed by atoms with Gasteiger partial charge >= 0.3 is 0 Å². The van der Waals surface area contributed by atoms with Gasteiger partial charge in [0, 0.05) is 52.7 Å². The lowest BCUT2D eigenvalue weighted by Gasteiger charge is -2.04. The molecule has 0 aliphatic rings. The van der Waals surface area contributed by atoms with E-state index >= 15 is 0 Å². The summed E-state index contributed by atoms with van der Waals surface area (Å²) in [6, 6.07) is 4.46. The van der Waals surface area contributed by atoms with Crippen molar-refractivity contribution in [3.63, 3.8) is 0 Å². The molecule has 0 fully saturated rings. The molecular weight excluding hydrogens is 516 g/mol. The molecule has 0 bridgehead atoms. The Labute approximate surface area is 222 Å². The summed E-state index contributed by atoms with van der Waals surface area (Å²) in [6.45, 7) is 3.45. The maximum Gasteiger partial charge on any atom is 0.272 e. The van der Waals surface area contributed by atoms with E-state index in [2.05, 4.69) is 27.8 Å². The Bertz CT molecular complexity index is 1450. The first-order valence-electron chi connectivity index (χ1n) is 11.2. The lowest BCUT2D eigenvalue weighted by molar-refractivity contribution is -0.118. The monoisotopic (exact) mass is 542 g/mol. The molecule has 0 spiro atoms. The summed E-state index contributed by atoms with van der Waals surface area (Å²) < 4.78 is 4.59. The minimum Gasteiger partial charge on any atom is -0.370 e. The molecular formula is C24H27ClN8O5. The molecule has 0 radical (unpaired) electrons. The van der Waals surface area contributed by atoms with Crippen LogP contribution >= 0.6 is 11.6 Å². The first kappa shape index (κ1) is 27.8. The number of carbonyl (C=O) groups is 5. The Morgan fingerprint density at radius 2 is 1.16 bits per heavy atom. The van der Waals surface area contributed by atoms with Gasteiger partial charge in [0.1, 0.15) is 17.1 Å². The van der Waals surface area contributed by atoms with Crippen molar-refractivity contribution in [2.75, 3.05) is 22.5 Å². The maximum atomic E-state index is 12.9. The Kier molecular flexibility index (Phi) is 8.43. The first-order valence-corrected chi connectivity index (χ1v) is 11.6. The summed E-state index contributed by atoms with van der Waals surface area (Å²) in [5, 5.41) is 10.4. The zero-order chi connectivity index (χ0) is 28.1. The van der Waals surface area contributed by atoms with Gasteiger partial charge in [0.2, 0.25) is 5.91 Å².